The highest BCUT2D eigenvalue weighted by Gasteiger charge is 2.00. The van der Waals surface area contributed by atoms with Crippen molar-refractivity contribution in [3.8, 4) is 11.8 Å². The Hall–Kier alpha value is -1.89. The average Bonchev–Trinajstić information content (AvgIpc) is 2.16. The molecule has 0 aliphatic heterocycles. The molecule has 0 saturated heterocycles. The molecule has 0 N–H and O–H groups in total. The number of rotatable bonds is 0. The van der Waals surface area contributed by atoms with Crippen molar-refractivity contribution in [1.29, 1.82) is 0 Å². The fourth-order valence-electron chi connectivity index (χ4n) is 0.787. The third-order valence-corrected chi connectivity index (χ3v) is 1.45. The molecule has 1 aromatic heterocycles. The van der Waals surface area contributed by atoms with Crippen LogP contribution in [0.3, 0.4) is 0 Å². The molecule has 0 atom stereocenters. The lowest BCUT2D eigenvalue weighted by Crippen LogP contribution is -1.96. The Bertz CT molecular complexity index is 418. The van der Waals surface area contributed by atoms with Crippen molar-refractivity contribution in [1.82, 2.24) is 4.98 Å². The summed E-state index contributed by atoms with van der Waals surface area (Å²) in [6, 6.07) is 1.30. The summed E-state index contributed by atoms with van der Waals surface area (Å²) in [5.74, 6) is 3.12. The summed E-state index contributed by atoms with van der Waals surface area (Å²) in [7, 11) is 1.20. The Kier molecular flexibility index (Phi) is 3.19. The first-order valence-electron chi connectivity index (χ1n) is 3.85. The first kappa shape index (κ1) is 10.2. The molecule has 1 heterocycles. The quantitative estimate of drug-likeness (QED) is 0.456. The van der Waals surface area contributed by atoms with Gasteiger partial charge in [-0.15, -0.1) is 0 Å². The lowest BCUT2D eigenvalue weighted by molar-refractivity contribution is -0.133. The molecular formula is C10H8FNO2. The van der Waals surface area contributed by atoms with E-state index in [1.807, 2.05) is 0 Å². The Morgan fingerprint density at radius 2 is 2.36 bits per heavy atom. The van der Waals surface area contributed by atoms with E-state index in [4.69, 9.17) is 0 Å². The summed E-state index contributed by atoms with van der Waals surface area (Å²) >= 11 is 0. The number of ether oxygens (including phenoxy) is 1. The van der Waals surface area contributed by atoms with Crippen LogP contribution in [0.15, 0.2) is 12.3 Å². The largest absolute Gasteiger partial charge is 0.459 e. The summed E-state index contributed by atoms with van der Waals surface area (Å²) in [6.45, 7) is 1.72. The van der Waals surface area contributed by atoms with Crippen LogP contribution in [0.1, 0.15) is 11.3 Å². The monoisotopic (exact) mass is 193 g/mol. The molecule has 1 aromatic rings. The maximum absolute atomic E-state index is 13.1. The smallest absolute Gasteiger partial charge is 0.384 e. The van der Waals surface area contributed by atoms with Gasteiger partial charge in [0.2, 0.25) is 0 Å². The van der Waals surface area contributed by atoms with Gasteiger partial charge in [-0.25, -0.2) is 14.2 Å². The van der Waals surface area contributed by atoms with Crippen molar-refractivity contribution in [2.75, 3.05) is 7.11 Å². The predicted molar refractivity (Wildman–Crippen MR) is 47.8 cm³/mol. The van der Waals surface area contributed by atoms with Crippen molar-refractivity contribution in [3.05, 3.63) is 29.3 Å². The minimum atomic E-state index is -0.716. The molecular weight excluding hydrogens is 185 g/mol. The molecule has 14 heavy (non-hydrogen) atoms. The zero-order valence-electron chi connectivity index (χ0n) is 7.80. The van der Waals surface area contributed by atoms with Crippen LogP contribution in [0.25, 0.3) is 0 Å². The van der Waals surface area contributed by atoms with Crippen LogP contribution in [0, 0.1) is 24.6 Å². The summed E-state index contributed by atoms with van der Waals surface area (Å²) in [5, 5.41) is 0. The van der Waals surface area contributed by atoms with Crippen LogP contribution in [-0.2, 0) is 9.53 Å². The van der Waals surface area contributed by atoms with Gasteiger partial charge in [0.1, 0.15) is 5.69 Å². The first-order chi connectivity index (χ1) is 6.63. The second-order valence-electron chi connectivity index (χ2n) is 2.58. The third-order valence-electron chi connectivity index (χ3n) is 1.45. The fraction of sp³-hybridized carbons (Fsp3) is 0.200. The first-order valence-corrected chi connectivity index (χ1v) is 3.85. The van der Waals surface area contributed by atoms with Crippen molar-refractivity contribution >= 4 is 5.97 Å². The number of hydrogen-bond donors (Lipinski definition) is 0. The normalized spacial score (nSPS) is 8.79. The van der Waals surface area contributed by atoms with Gasteiger partial charge in [-0.1, -0.05) is 0 Å². The topological polar surface area (TPSA) is 39.2 Å². The van der Waals surface area contributed by atoms with E-state index in [1.54, 1.807) is 6.92 Å². The van der Waals surface area contributed by atoms with Gasteiger partial charge in [-0.3, -0.25) is 0 Å². The molecule has 72 valence electrons. The molecule has 3 nitrogen and oxygen atoms in total. The number of pyridine rings is 1. The summed E-state index contributed by atoms with van der Waals surface area (Å²) in [6.07, 6.45) is 1.48. The maximum Gasteiger partial charge on any atom is 0.384 e. The molecule has 0 spiro atoms. The third kappa shape index (κ3) is 2.56. The molecule has 1 rings (SSSR count). The van der Waals surface area contributed by atoms with Crippen LogP contribution in [-0.4, -0.2) is 18.1 Å². The highest BCUT2D eigenvalue weighted by atomic mass is 19.1. The van der Waals surface area contributed by atoms with Gasteiger partial charge in [0, 0.05) is 12.1 Å². The Labute approximate surface area is 80.9 Å². The SMILES string of the molecule is COC(=O)C#Cc1ncc(C)cc1F. The Morgan fingerprint density at radius 3 is 2.93 bits per heavy atom. The minimum absolute atomic E-state index is 0.0546. The second-order valence-corrected chi connectivity index (χ2v) is 2.58. The maximum atomic E-state index is 13.1. The van der Waals surface area contributed by atoms with E-state index in [2.05, 4.69) is 21.6 Å². The van der Waals surface area contributed by atoms with Crippen LogP contribution >= 0.6 is 0 Å². The number of halogens is 1. The molecule has 0 aliphatic carbocycles. The van der Waals surface area contributed by atoms with E-state index in [9.17, 15) is 9.18 Å². The molecule has 4 heteroatoms. The van der Waals surface area contributed by atoms with Gasteiger partial charge in [-0.05, 0) is 24.5 Å². The van der Waals surface area contributed by atoms with Gasteiger partial charge in [0.15, 0.2) is 5.82 Å². The summed E-state index contributed by atoms with van der Waals surface area (Å²) in [4.78, 5) is 14.3. The standard InChI is InChI=1S/C10H8FNO2/c1-7-5-8(11)9(12-6-7)3-4-10(13)14-2/h5-6H,1-2H3. The van der Waals surface area contributed by atoms with Crippen molar-refractivity contribution in [3.63, 3.8) is 0 Å². The van der Waals surface area contributed by atoms with E-state index in [0.717, 1.165) is 0 Å². The van der Waals surface area contributed by atoms with Gasteiger partial charge in [-0.2, -0.15) is 0 Å². The minimum Gasteiger partial charge on any atom is -0.459 e. The molecule has 0 aromatic carbocycles. The number of hydrogen-bond acceptors (Lipinski definition) is 3. The molecule has 0 unspecified atom stereocenters. The lowest BCUT2D eigenvalue weighted by Gasteiger charge is -1.94. The predicted octanol–water partition coefficient (Wildman–Crippen LogP) is 1.05. The number of aryl methyl sites for hydroxylation is 1. The fourth-order valence-corrected chi connectivity index (χ4v) is 0.787. The molecule has 0 aliphatic rings. The van der Waals surface area contributed by atoms with Crippen LogP contribution in [0.2, 0.25) is 0 Å². The summed E-state index contributed by atoms with van der Waals surface area (Å²) in [5.41, 5.74) is 0.645. The van der Waals surface area contributed by atoms with Gasteiger partial charge in [0.25, 0.3) is 0 Å². The molecule has 0 bridgehead atoms. The number of carbonyl (C=O) groups excluding carboxylic acids is 1. The highest BCUT2D eigenvalue weighted by Crippen LogP contribution is 2.04. The second kappa shape index (κ2) is 4.38. The van der Waals surface area contributed by atoms with Gasteiger partial charge < -0.3 is 4.74 Å². The van der Waals surface area contributed by atoms with Gasteiger partial charge in [0.05, 0.1) is 7.11 Å². The molecule has 0 amide bonds. The lowest BCUT2D eigenvalue weighted by atomic mass is 10.2. The zero-order chi connectivity index (χ0) is 10.6. The molecule has 0 saturated carbocycles. The molecule has 0 radical (unpaired) electrons. The van der Waals surface area contributed by atoms with Crippen LogP contribution < -0.4 is 0 Å². The number of aromatic nitrogens is 1. The van der Waals surface area contributed by atoms with E-state index in [-0.39, 0.29) is 5.69 Å². The number of esters is 1. The average molecular weight is 193 g/mol. The Morgan fingerprint density at radius 1 is 1.64 bits per heavy atom. The van der Waals surface area contributed by atoms with Crippen LogP contribution in [0.5, 0.6) is 0 Å². The number of methoxy groups -OCH3 is 1. The van der Waals surface area contributed by atoms with E-state index >= 15 is 0 Å². The van der Waals surface area contributed by atoms with E-state index in [0.29, 0.717) is 5.56 Å². The number of nitrogens with zero attached hydrogens (tertiary/aromatic N) is 1. The van der Waals surface area contributed by atoms with Crippen molar-refractivity contribution in [2.24, 2.45) is 0 Å². The Balaban J connectivity index is 2.96. The zero-order valence-corrected chi connectivity index (χ0v) is 7.80. The van der Waals surface area contributed by atoms with Crippen molar-refractivity contribution in [2.45, 2.75) is 6.92 Å². The highest BCUT2D eigenvalue weighted by molar-refractivity contribution is 5.88. The van der Waals surface area contributed by atoms with Gasteiger partial charge >= 0.3 is 5.97 Å². The summed E-state index contributed by atoms with van der Waals surface area (Å²) < 4.78 is 17.4. The van der Waals surface area contributed by atoms with E-state index in [1.165, 1.54) is 19.4 Å². The van der Waals surface area contributed by atoms with Crippen molar-refractivity contribution < 1.29 is 13.9 Å². The molecule has 0 fully saturated rings. The number of carbonyl (C=O) groups is 1. The van der Waals surface area contributed by atoms with Crippen LogP contribution in [0.4, 0.5) is 4.39 Å². The van der Waals surface area contributed by atoms with E-state index < -0.39 is 11.8 Å².